The van der Waals surface area contributed by atoms with Gasteiger partial charge in [-0.25, -0.2) is 0 Å². The van der Waals surface area contributed by atoms with E-state index in [1.165, 1.54) is 6.07 Å². The van der Waals surface area contributed by atoms with E-state index in [0.29, 0.717) is 36.9 Å². The summed E-state index contributed by atoms with van der Waals surface area (Å²) in [5.41, 5.74) is 2.35. The van der Waals surface area contributed by atoms with Gasteiger partial charge in [-0.15, -0.1) is 0 Å². The first-order chi connectivity index (χ1) is 13.3. The third-order valence-electron chi connectivity index (χ3n) is 4.68. The fourth-order valence-corrected chi connectivity index (χ4v) is 3.86. The van der Waals surface area contributed by atoms with Gasteiger partial charge in [0.1, 0.15) is 5.69 Å². The molecular formula is C19H20BrClN4O3. The number of rotatable bonds is 5. The van der Waals surface area contributed by atoms with Crippen LogP contribution >= 0.6 is 27.5 Å². The van der Waals surface area contributed by atoms with Crippen molar-refractivity contribution >= 4 is 50.5 Å². The van der Waals surface area contributed by atoms with Crippen LogP contribution in [0, 0.1) is 17.0 Å². The number of hydrogen-bond acceptors (Lipinski definition) is 5. The Kier molecular flexibility index (Phi) is 6.53. The molecule has 0 aliphatic carbocycles. The molecular weight excluding hydrogens is 448 g/mol. The molecule has 1 fully saturated rings. The molecule has 0 atom stereocenters. The number of nitro groups is 1. The van der Waals surface area contributed by atoms with E-state index < -0.39 is 4.92 Å². The van der Waals surface area contributed by atoms with Gasteiger partial charge >= 0.3 is 0 Å². The lowest BCUT2D eigenvalue weighted by Crippen LogP contribution is -2.48. The molecule has 1 heterocycles. The van der Waals surface area contributed by atoms with Crippen LogP contribution in [0.25, 0.3) is 0 Å². The highest BCUT2D eigenvalue weighted by molar-refractivity contribution is 9.10. The fourth-order valence-electron chi connectivity index (χ4n) is 3.22. The predicted molar refractivity (Wildman–Crippen MR) is 114 cm³/mol. The van der Waals surface area contributed by atoms with E-state index in [4.69, 9.17) is 11.6 Å². The van der Waals surface area contributed by atoms with Gasteiger partial charge in [0, 0.05) is 47.4 Å². The van der Waals surface area contributed by atoms with Crippen molar-refractivity contribution in [2.75, 3.05) is 42.9 Å². The molecule has 0 unspecified atom stereocenters. The number of hydrogen-bond donors (Lipinski definition) is 1. The van der Waals surface area contributed by atoms with Crippen LogP contribution in [0.4, 0.5) is 17.1 Å². The van der Waals surface area contributed by atoms with Gasteiger partial charge in [-0.05, 0) is 42.8 Å². The lowest BCUT2D eigenvalue weighted by Gasteiger charge is -2.35. The van der Waals surface area contributed by atoms with Crippen LogP contribution in [0.3, 0.4) is 0 Å². The number of anilines is 2. The predicted octanol–water partition coefficient (Wildman–Crippen LogP) is 4.08. The van der Waals surface area contributed by atoms with E-state index in [1.807, 2.05) is 34.9 Å². The Labute approximate surface area is 176 Å². The zero-order valence-electron chi connectivity index (χ0n) is 15.3. The normalized spacial score (nSPS) is 14.8. The maximum absolute atomic E-state index is 12.4. The number of carbonyl (C=O) groups excluding carboxylic acids is 1. The van der Waals surface area contributed by atoms with E-state index in [0.717, 1.165) is 15.7 Å². The third kappa shape index (κ3) is 5.01. The second-order valence-corrected chi connectivity index (χ2v) is 8.01. The Hall–Kier alpha value is -2.16. The fraction of sp³-hybridized carbons (Fsp3) is 0.316. The number of nitrogens with one attached hydrogen (secondary N) is 1. The van der Waals surface area contributed by atoms with Crippen LogP contribution in [0.1, 0.15) is 5.56 Å². The van der Waals surface area contributed by atoms with E-state index in [2.05, 4.69) is 21.2 Å². The number of carbonyl (C=O) groups is 1. The number of nitrogens with zero attached hydrogens (tertiary/aromatic N) is 3. The maximum Gasteiger partial charge on any atom is 0.294 e. The first-order valence-corrected chi connectivity index (χ1v) is 9.98. The van der Waals surface area contributed by atoms with Crippen molar-refractivity contribution in [3.63, 3.8) is 0 Å². The van der Waals surface area contributed by atoms with Crippen molar-refractivity contribution in [2.45, 2.75) is 6.92 Å². The quantitative estimate of drug-likeness (QED) is 0.529. The summed E-state index contributed by atoms with van der Waals surface area (Å²) in [6.45, 7) is 4.73. The second kappa shape index (κ2) is 8.89. The Morgan fingerprint density at radius 3 is 2.57 bits per heavy atom. The van der Waals surface area contributed by atoms with E-state index in [-0.39, 0.29) is 18.1 Å². The molecule has 2 aromatic rings. The number of piperazine rings is 1. The van der Waals surface area contributed by atoms with Crippen molar-refractivity contribution in [1.29, 1.82) is 0 Å². The first-order valence-electron chi connectivity index (χ1n) is 8.81. The molecule has 9 heteroatoms. The van der Waals surface area contributed by atoms with Crippen LogP contribution in [-0.4, -0.2) is 48.5 Å². The van der Waals surface area contributed by atoms with Gasteiger partial charge in [0.05, 0.1) is 11.5 Å². The maximum atomic E-state index is 12.4. The Morgan fingerprint density at radius 2 is 1.93 bits per heavy atom. The molecule has 0 radical (unpaired) electrons. The molecule has 1 saturated heterocycles. The minimum Gasteiger partial charge on any atom is -0.363 e. The smallest absolute Gasteiger partial charge is 0.294 e. The molecule has 1 N–H and O–H groups in total. The number of benzene rings is 2. The average molecular weight is 468 g/mol. The van der Waals surface area contributed by atoms with E-state index >= 15 is 0 Å². The van der Waals surface area contributed by atoms with Crippen molar-refractivity contribution in [2.24, 2.45) is 0 Å². The summed E-state index contributed by atoms with van der Waals surface area (Å²) in [5.74, 6) is -0.0728. The minimum absolute atomic E-state index is 0.00408. The van der Waals surface area contributed by atoms with Gasteiger partial charge in [0.25, 0.3) is 5.69 Å². The van der Waals surface area contributed by atoms with Crippen molar-refractivity contribution in [3.05, 3.63) is 61.6 Å². The van der Waals surface area contributed by atoms with Crippen molar-refractivity contribution in [3.8, 4) is 0 Å². The second-order valence-electron chi connectivity index (χ2n) is 6.66. The number of amides is 1. The van der Waals surface area contributed by atoms with Gasteiger partial charge in [-0.1, -0.05) is 27.5 Å². The molecule has 7 nitrogen and oxygen atoms in total. The molecule has 0 aromatic heterocycles. The first kappa shape index (κ1) is 20.6. The number of halogens is 2. The highest BCUT2D eigenvalue weighted by atomic mass is 79.9. The highest BCUT2D eigenvalue weighted by Gasteiger charge is 2.25. The third-order valence-corrected chi connectivity index (χ3v) is 5.41. The largest absolute Gasteiger partial charge is 0.363 e. The minimum atomic E-state index is -0.415. The van der Waals surface area contributed by atoms with Crippen LogP contribution < -0.4 is 10.2 Å². The summed E-state index contributed by atoms with van der Waals surface area (Å²) in [5, 5.41) is 14.6. The molecule has 0 saturated carbocycles. The van der Waals surface area contributed by atoms with Gasteiger partial charge in [-0.2, -0.15) is 0 Å². The van der Waals surface area contributed by atoms with Crippen LogP contribution in [0.2, 0.25) is 5.02 Å². The zero-order chi connectivity index (χ0) is 20.3. The molecule has 1 amide bonds. The molecule has 1 aliphatic rings. The molecule has 2 aromatic carbocycles. The Bertz CT molecular complexity index is 901. The summed E-state index contributed by atoms with van der Waals surface area (Å²) in [7, 11) is 0. The lowest BCUT2D eigenvalue weighted by atomic mass is 10.2. The topological polar surface area (TPSA) is 78.7 Å². The molecule has 0 spiro atoms. The monoisotopic (exact) mass is 466 g/mol. The average Bonchev–Trinajstić information content (AvgIpc) is 2.65. The molecule has 28 heavy (non-hydrogen) atoms. The van der Waals surface area contributed by atoms with Gasteiger partial charge in [0.15, 0.2) is 0 Å². The van der Waals surface area contributed by atoms with Gasteiger partial charge < -0.3 is 10.2 Å². The molecule has 148 valence electrons. The summed E-state index contributed by atoms with van der Waals surface area (Å²) < 4.78 is 0.968. The van der Waals surface area contributed by atoms with Crippen molar-refractivity contribution < 1.29 is 9.72 Å². The zero-order valence-corrected chi connectivity index (χ0v) is 17.7. The summed E-state index contributed by atoms with van der Waals surface area (Å²) >= 11 is 9.30. The summed E-state index contributed by atoms with van der Waals surface area (Å²) in [6.07, 6.45) is 0. The lowest BCUT2D eigenvalue weighted by molar-refractivity contribution is -0.384. The Balaban J connectivity index is 1.57. The summed E-state index contributed by atoms with van der Waals surface area (Å²) in [6, 6.07) is 10.4. The van der Waals surface area contributed by atoms with Crippen LogP contribution in [0.5, 0.6) is 0 Å². The number of aryl methyl sites for hydroxylation is 1. The van der Waals surface area contributed by atoms with Crippen LogP contribution in [-0.2, 0) is 4.79 Å². The van der Waals surface area contributed by atoms with Crippen molar-refractivity contribution in [1.82, 2.24) is 4.90 Å². The molecule has 3 rings (SSSR count). The summed E-state index contributed by atoms with van der Waals surface area (Å²) in [4.78, 5) is 27.3. The highest BCUT2D eigenvalue weighted by Crippen LogP contribution is 2.31. The van der Waals surface area contributed by atoms with E-state index in [9.17, 15) is 14.9 Å². The molecule has 0 bridgehead atoms. The van der Waals surface area contributed by atoms with Gasteiger partial charge in [-0.3, -0.25) is 19.8 Å². The van der Waals surface area contributed by atoms with Crippen LogP contribution in [0.15, 0.2) is 40.9 Å². The van der Waals surface area contributed by atoms with Gasteiger partial charge in [0.2, 0.25) is 5.91 Å². The SMILES string of the molecule is Cc1cc(Br)ccc1NC(=O)CN1CCN(c2ccc(Cl)cc2[N+](=O)[O-])CC1. The molecule has 1 aliphatic heterocycles. The standard InChI is InChI=1S/C19H20BrClN4O3/c1-13-10-14(20)2-4-16(13)22-19(26)12-23-6-8-24(9-7-23)17-5-3-15(21)11-18(17)25(27)28/h2-5,10-11H,6-9,12H2,1H3,(H,22,26). The Morgan fingerprint density at radius 1 is 1.21 bits per heavy atom. The number of nitro benzene ring substituents is 1. The van der Waals surface area contributed by atoms with E-state index in [1.54, 1.807) is 12.1 Å².